The van der Waals surface area contributed by atoms with E-state index >= 15 is 0 Å². The summed E-state index contributed by atoms with van der Waals surface area (Å²) in [6.45, 7) is 6.24. The number of hydrogen-bond acceptors (Lipinski definition) is 5. The molecule has 166 valence electrons. The van der Waals surface area contributed by atoms with E-state index in [4.69, 9.17) is 9.47 Å². The van der Waals surface area contributed by atoms with Crippen LogP contribution < -0.4 is 16.3 Å². The van der Waals surface area contributed by atoms with Gasteiger partial charge in [0.1, 0.15) is 5.82 Å². The Bertz CT molecular complexity index is 684. The van der Waals surface area contributed by atoms with Gasteiger partial charge < -0.3 is 20.1 Å². The third kappa shape index (κ3) is 7.56. The summed E-state index contributed by atoms with van der Waals surface area (Å²) in [4.78, 5) is 16.5. The molecule has 0 spiro atoms. The highest BCUT2D eigenvalue weighted by atomic mass is 127. The van der Waals surface area contributed by atoms with Crippen molar-refractivity contribution in [3.8, 4) is 0 Å². The fraction of sp³-hybridized carbons (Fsp3) is 0.842. The number of hydrogen-bond donors (Lipinski definition) is 2. The van der Waals surface area contributed by atoms with Crippen LogP contribution >= 0.6 is 24.0 Å². The molecule has 1 aromatic rings. The van der Waals surface area contributed by atoms with Crippen molar-refractivity contribution in [2.75, 3.05) is 46.6 Å². The van der Waals surface area contributed by atoms with Gasteiger partial charge in [-0.2, -0.15) is 5.10 Å². The Morgan fingerprint density at radius 3 is 2.86 bits per heavy atom. The summed E-state index contributed by atoms with van der Waals surface area (Å²) in [6.07, 6.45) is 5.98. The zero-order valence-electron chi connectivity index (χ0n) is 17.4. The minimum atomic E-state index is 0. The zero-order chi connectivity index (χ0) is 19.6. The maximum atomic E-state index is 12.3. The van der Waals surface area contributed by atoms with Gasteiger partial charge in [0, 0.05) is 58.8 Å². The van der Waals surface area contributed by atoms with Crippen molar-refractivity contribution in [2.24, 2.45) is 10.9 Å². The molecule has 29 heavy (non-hydrogen) atoms. The molecular weight excluding hydrogens is 487 g/mol. The van der Waals surface area contributed by atoms with E-state index in [-0.39, 0.29) is 29.7 Å². The van der Waals surface area contributed by atoms with Gasteiger partial charge in [0.25, 0.3) is 0 Å². The van der Waals surface area contributed by atoms with Crippen LogP contribution in [0.1, 0.15) is 37.9 Å². The molecule has 0 radical (unpaired) electrons. The van der Waals surface area contributed by atoms with Crippen LogP contribution in [-0.2, 0) is 29.0 Å². The van der Waals surface area contributed by atoms with Crippen molar-refractivity contribution < 1.29 is 9.47 Å². The van der Waals surface area contributed by atoms with E-state index < -0.39 is 0 Å². The number of rotatable bonds is 10. The molecule has 0 aromatic carbocycles. The third-order valence-electron chi connectivity index (χ3n) is 5.23. The number of halogens is 1. The Hall–Kier alpha value is -1.14. The van der Waals surface area contributed by atoms with Crippen LogP contribution in [0, 0.1) is 5.92 Å². The summed E-state index contributed by atoms with van der Waals surface area (Å²) < 4.78 is 14.5. The molecule has 1 atom stereocenters. The highest BCUT2D eigenvalue weighted by Crippen LogP contribution is 2.12. The van der Waals surface area contributed by atoms with E-state index in [0.717, 1.165) is 96.4 Å². The fourth-order valence-corrected chi connectivity index (χ4v) is 3.60. The molecule has 0 amide bonds. The molecule has 2 N–H and O–H groups in total. The van der Waals surface area contributed by atoms with Crippen LogP contribution in [0.4, 0.5) is 0 Å². The summed E-state index contributed by atoms with van der Waals surface area (Å²) in [5, 5.41) is 11.0. The van der Waals surface area contributed by atoms with Crippen LogP contribution in [0.25, 0.3) is 0 Å². The van der Waals surface area contributed by atoms with Crippen LogP contribution in [-0.4, -0.2) is 66.9 Å². The molecule has 10 heteroatoms. The van der Waals surface area contributed by atoms with Gasteiger partial charge in [-0.05, 0) is 32.1 Å². The molecule has 1 unspecified atom stereocenters. The molecule has 1 saturated heterocycles. The Kier molecular flexibility index (Phi) is 11.0. The monoisotopic (exact) mass is 522 g/mol. The van der Waals surface area contributed by atoms with Gasteiger partial charge in [-0.25, -0.2) is 9.48 Å². The highest BCUT2D eigenvalue weighted by Gasteiger charge is 2.16. The summed E-state index contributed by atoms with van der Waals surface area (Å²) in [5.74, 6) is 2.28. The minimum absolute atomic E-state index is 0. The average Bonchev–Trinajstić information content (AvgIpc) is 3.34. The number of aromatic nitrogens is 3. The third-order valence-corrected chi connectivity index (χ3v) is 5.23. The van der Waals surface area contributed by atoms with E-state index in [2.05, 4.69) is 20.7 Å². The van der Waals surface area contributed by atoms with Crippen molar-refractivity contribution in [1.82, 2.24) is 25.0 Å². The second-order valence-corrected chi connectivity index (χ2v) is 7.47. The first-order valence-corrected chi connectivity index (χ1v) is 10.5. The number of nitrogens with one attached hydrogen (secondary N) is 2. The lowest BCUT2D eigenvalue weighted by molar-refractivity contribution is 0.0888. The van der Waals surface area contributed by atoms with E-state index in [1.165, 1.54) is 0 Å². The van der Waals surface area contributed by atoms with Crippen LogP contribution in [0.15, 0.2) is 9.79 Å². The maximum absolute atomic E-state index is 12.3. The predicted octanol–water partition coefficient (Wildman–Crippen LogP) is 0.997. The minimum Gasteiger partial charge on any atom is -0.381 e. The molecule has 1 aromatic heterocycles. The molecule has 3 rings (SSSR count). The molecule has 0 bridgehead atoms. The van der Waals surface area contributed by atoms with E-state index in [9.17, 15) is 4.79 Å². The smallest absolute Gasteiger partial charge is 0.345 e. The van der Waals surface area contributed by atoms with Gasteiger partial charge in [-0.3, -0.25) is 9.56 Å². The van der Waals surface area contributed by atoms with Gasteiger partial charge in [0.05, 0.1) is 13.2 Å². The van der Waals surface area contributed by atoms with Crippen molar-refractivity contribution >= 4 is 29.9 Å². The van der Waals surface area contributed by atoms with Gasteiger partial charge >= 0.3 is 5.69 Å². The molecule has 2 aliphatic heterocycles. The lowest BCUT2D eigenvalue weighted by atomic mass is 10.1. The van der Waals surface area contributed by atoms with Crippen molar-refractivity contribution in [1.29, 1.82) is 0 Å². The Labute approximate surface area is 189 Å². The second-order valence-electron chi connectivity index (χ2n) is 7.47. The SMILES string of the molecule is CN=C(NCCCOCC1CCOC1)NCCCn1nc2n(c1=O)CCCC2.I. The molecule has 2 aliphatic rings. The lowest BCUT2D eigenvalue weighted by Crippen LogP contribution is -2.39. The first kappa shape index (κ1) is 24.1. The normalized spacial score (nSPS) is 18.9. The highest BCUT2D eigenvalue weighted by molar-refractivity contribution is 14.0. The molecule has 0 aliphatic carbocycles. The van der Waals surface area contributed by atoms with Gasteiger partial charge in [0.15, 0.2) is 5.96 Å². The van der Waals surface area contributed by atoms with Gasteiger partial charge in [-0.15, -0.1) is 24.0 Å². The Morgan fingerprint density at radius 2 is 2.14 bits per heavy atom. The van der Waals surface area contributed by atoms with E-state index in [1.54, 1.807) is 11.7 Å². The number of nitrogens with zero attached hydrogens (tertiary/aromatic N) is 4. The number of guanidine groups is 1. The maximum Gasteiger partial charge on any atom is 0.345 e. The molecule has 1 fully saturated rings. The standard InChI is InChI=1S/C19H34N6O3.HI/c1-20-18(22-9-5-12-27-14-16-7-13-28-15-16)21-8-4-11-25-19(26)24-10-3-2-6-17(24)23-25;/h16H,2-15H2,1H3,(H2,20,21,22);1H. The van der Waals surface area contributed by atoms with Crippen molar-refractivity contribution in [3.63, 3.8) is 0 Å². The Balaban J connectivity index is 0.00000300. The second kappa shape index (κ2) is 13.2. The number of aryl methyl sites for hydroxylation is 2. The first-order chi connectivity index (χ1) is 13.8. The summed E-state index contributed by atoms with van der Waals surface area (Å²) in [6, 6.07) is 0. The van der Waals surface area contributed by atoms with Gasteiger partial charge in [0.2, 0.25) is 0 Å². The van der Waals surface area contributed by atoms with Gasteiger partial charge in [-0.1, -0.05) is 0 Å². The largest absolute Gasteiger partial charge is 0.381 e. The molecule has 3 heterocycles. The van der Waals surface area contributed by atoms with E-state index in [1.807, 2.05) is 4.57 Å². The molecular formula is C19H35IN6O3. The quantitative estimate of drug-likeness (QED) is 0.206. The van der Waals surface area contributed by atoms with Crippen molar-refractivity contribution in [3.05, 3.63) is 16.3 Å². The summed E-state index contributed by atoms with van der Waals surface area (Å²) in [5.41, 5.74) is 0.0290. The van der Waals surface area contributed by atoms with Crippen molar-refractivity contribution in [2.45, 2.75) is 51.6 Å². The number of aliphatic imine (C=N–C) groups is 1. The number of ether oxygens (including phenoxy) is 2. The Morgan fingerprint density at radius 1 is 1.31 bits per heavy atom. The average molecular weight is 522 g/mol. The van der Waals surface area contributed by atoms with Crippen LogP contribution in [0.2, 0.25) is 0 Å². The predicted molar refractivity (Wildman–Crippen MR) is 123 cm³/mol. The fourth-order valence-electron chi connectivity index (χ4n) is 3.60. The number of fused-ring (bicyclic) bond motifs is 1. The lowest BCUT2D eigenvalue weighted by Gasteiger charge is -2.12. The summed E-state index contributed by atoms with van der Waals surface area (Å²) >= 11 is 0. The van der Waals surface area contributed by atoms with E-state index in [0.29, 0.717) is 12.5 Å². The topological polar surface area (TPSA) is 94.7 Å². The molecule has 0 saturated carbocycles. The van der Waals surface area contributed by atoms with Crippen LogP contribution in [0.5, 0.6) is 0 Å². The first-order valence-electron chi connectivity index (χ1n) is 10.5. The molecule has 9 nitrogen and oxygen atoms in total. The zero-order valence-corrected chi connectivity index (χ0v) is 19.7. The summed E-state index contributed by atoms with van der Waals surface area (Å²) in [7, 11) is 1.76. The van der Waals surface area contributed by atoms with Crippen LogP contribution in [0.3, 0.4) is 0 Å².